The van der Waals surface area contributed by atoms with Crippen LogP contribution in [0.2, 0.25) is 5.02 Å². The van der Waals surface area contributed by atoms with E-state index in [1.807, 2.05) is 29.1 Å². The maximum absolute atomic E-state index is 12.4. The lowest BCUT2D eigenvalue weighted by Crippen LogP contribution is -2.14. The normalized spacial score (nSPS) is 11.4. The highest BCUT2D eigenvalue weighted by Crippen LogP contribution is 2.41. The van der Waals surface area contributed by atoms with Crippen molar-refractivity contribution >= 4 is 28.8 Å². The molecule has 3 aromatic rings. The quantitative estimate of drug-likeness (QED) is 0.623. The maximum atomic E-state index is 12.4. The number of rotatable bonds is 5. The third kappa shape index (κ3) is 3.90. The molecular weight excluding hydrogens is 400 g/mol. The topological polar surface area (TPSA) is 62.0 Å². The van der Waals surface area contributed by atoms with E-state index in [2.05, 4.69) is 4.99 Å². The lowest BCUT2D eigenvalue weighted by Gasteiger charge is -2.14. The molecule has 1 aromatic heterocycles. The molecule has 0 atom stereocenters. The molecule has 146 valence electrons. The summed E-state index contributed by atoms with van der Waals surface area (Å²) in [5.41, 5.74) is 2.20. The highest BCUT2D eigenvalue weighted by molar-refractivity contribution is 7.07. The fourth-order valence-corrected chi connectivity index (χ4v) is 3.73. The molecule has 0 unspecified atom stereocenters. The number of ether oxygens (including phenoxy) is 3. The van der Waals surface area contributed by atoms with Crippen LogP contribution in [0.1, 0.15) is 10.4 Å². The van der Waals surface area contributed by atoms with Crippen LogP contribution in [0.15, 0.2) is 46.8 Å². The van der Waals surface area contributed by atoms with Gasteiger partial charge in [0.2, 0.25) is 5.75 Å². The van der Waals surface area contributed by atoms with Crippen LogP contribution in [-0.2, 0) is 7.05 Å². The van der Waals surface area contributed by atoms with Gasteiger partial charge in [-0.05, 0) is 36.4 Å². The molecule has 1 amide bonds. The van der Waals surface area contributed by atoms with Crippen LogP contribution in [0.4, 0.5) is 0 Å². The summed E-state index contributed by atoms with van der Waals surface area (Å²) in [7, 11) is 6.55. The molecule has 0 radical (unpaired) electrons. The lowest BCUT2D eigenvalue weighted by molar-refractivity contribution is 0.0998. The molecule has 6 nitrogen and oxygen atoms in total. The van der Waals surface area contributed by atoms with Gasteiger partial charge in [-0.25, -0.2) is 0 Å². The van der Waals surface area contributed by atoms with Gasteiger partial charge in [-0.3, -0.25) is 4.79 Å². The van der Waals surface area contributed by atoms with Crippen molar-refractivity contribution in [1.29, 1.82) is 0 Å². The molecule has 8 heteroatoms. The van der Waals surface area contributed by atoms with Crippen LogP contribution in [0.25, 0.3) is 11.3 Å². The van der Waals surface area contributed by atoms with Crippen LogP contribution in [0.5, 0.6) is 17.2 Å². The number of aromatic nitrogens is 1. The summed E-state index contributed by atoms with van der Waals surface area (Å²) in [6.45, 7) is 0. The van der Waals surface area contributed by atoms with Crippen molar-refractivity contribution in [3.8, 4) is 28.5 Å². The molecule has 2 aromatic carbocycles. The predicted molar refractivity (Wildman–Crippen MR) is 110 cm³/mol. The second-order valence-corrected chi connectivity index (χ2v) is 7.07. The first-order valence-electron chi connectivity index (χ1n) is 8.28. The summed E-state index contributed by atoms with van der Waals surface area (Å²) in [6, 6.07) is 10.4. The Labute approximate surface area is 171 Å². The van der Waals surface area contributed by atoms with Gasteiger partial charge in [-0.1, -0.05) is 11.6 Å². The van der Waals surface area contributed by atoms with E-state index >= 15 is 0 Å². The SMILES string of the molecule is COc1cc(-c2cs/c(=N\C(=O)c3ccc(Cl)cc3)n2C)cc(OC)c1OC. The molecule has 0 fully saturated rings. The van der Waals surface area contributed by atoms with Gasteiger partial charge < -0.3 is 18.8 Å². The smallest absolute Gasteiger partial charge is 0.279 e. The Bertz CT molecular complexity index is 1050. The fraction of sp³-hybridized carbons (Fsp3) is 0.200. The lowest BCUT2D eigenvalue weighted by atomic mass is 10.1. The standard InChI is InChI=1S/C20H19ClN2O4S/c1-23-15(13-9-16(25-2)18(27-4)17(10-13)26-3)11-28-20(23)22-19(24)12-5-7-14(21)8-6-12/h5-11H,1-4H3/b22-20-. The van der Waals surface area contributed by atoms with Crippen molar-refractivity contribution in [2.75, 3.05) is 21.3 Å². The first-order valence-corrected chi connectivity index (χ1v) is 9.53. The summed E-state index contributed by atoms with van der Waals surface area (Å²) in [4.78, 5) is 17.2. The van der Waals surface area contributed by atoms with Gasteiger partial charge in [-0.15, -0.1) is 11.3 Å². The van der Waals surface area contributed by atoms with Gasteiger partial charge in [-0.2, -0.15) is 4.99 Å². The number of carbonyl (C=O) groups is 1. The van der Waals surface area contributed by atoms with Crippen molar-refractivity contribution in [3.05, 3.63) is 57.2 Å². The highest BCUT2D eigenvalue weighted by atomic mass is 35.5. The van der Waals surface area contributed by atoms with Crippen LogP contribution < -0.4 is 19.0 Å². The van der Waals surface area contributed by atoms with E-state index in [0.29, 0.717) is 32.6 Å². The van der Waals surface area contributed by atoms with Gasteiger partial charge in [0.1, 0.15) is 0 Å². The van der Waals surface area contributed by atoms with E-state index in [0.717, 1.165) is 11.3 Å². The van der Waals surface area contributed by atoms with Crippen molar-refractivity contribution in [3.63, 3.8) is 0 Å². The Morgan fingerprint density at radius 3 is 2.18 bits per heavy atom. The summed E-state index contributed by atoms with van der Waals surface area (Å²) in [5.74, 6) is 1.30. The van der Waals surface area contributed by atoms with Gasteiger partial charge in [0.25, 0.3) is 5.91 Å². The van der Waals surface area contributed by atoms with Gasteiger partial charge in [0.15, 0.2) is 16.3 Å². The Balaban J connectivity index is 2.04. The molecule has 0 saturated carbocycles. The molecule has 0 aliphatic heterocycles. The number of halogens is 1. The van der Waals surface area contributed by atoms with E-state index in [1.165, 1.54) is 11.3 Å². The minimum absolute atomic E-state index is 0.328. The maximum Gasteiger partial charge on any atom is 0.279 e. The number of methoxy groups -OCH3 is 3. The largest absolute Gasteiger partial charge is 0.493 e. The van der Waals surface area contributed by atoms with Crippen molar-refractivity contribution in [2.45, 2.75) is 0 Å². The molecule has 0 spiro atoms. The van der Waals surface area contributed by atoms with Crippen molar-refractivity contribution in [2.24, 2.45) is 12.0 Å². The number of carbonyl (C=O) groups excluding carboxylic acids is 1. The van der Waals surface area contributed by atoms with E-state index in [-0.39, 0.29) is 5.91 Å². The first kappa shape index (κ1) is 20.0. The molecule has 0 saturated heterocycles. The summed E-state index contributed by atoms with van der Waals surface area (Å²) >= 11 is 7.24. The van der Waals surface area contributed by atoms with Gasteiger partial charge in [0.05, 0.1) is 27.0 Å². The monoisotopic (exact) mass is 418 g/mol. The number of hydrogen-bond acceptors (Lipinski definition) is 5. The van der Waals surface area contributed by atoms with Crippen LogP contribution >= 0.6 is 22.9 Å². The van der Waals surface area contributed by atoms with Crippen LogP contribution in [0, 0.1) is 0 Å². The number of nitrogens with zero attached hydrogens (tertiary/aromatic N) is 2. The summed E-state index contributed by atoms with van der Waals surface area (Å²) < 4.78 is 18.1. The molecule has 0 aliphatic rings. The number of amides is 1. The second-order valence-electron chi connectivity index (χ2n) is 5.80. The molecule has 0 bridgehead atoms. The molecule has 3 rings (SSSR count). The zero-order valence-electron chi connectivity index (χ0n) is 15.9. The zero-order chi connectivity index (χ0) is 20.3. The van der Waals surface area contributed by atoms with Crippen molar-refractivity contribution < 1.29 is 19.0 Å². The molecule has 1 heterocycles. The molecule has 0 aliphatic carbocycles. The second kappa shape index (κ2) is 8.50. The zero-order valence-corrected chi connectivity index (χ0v) is 17.4. The van der Waals surface area contributed by atoms with E-state index in [4.69, 9.17) is 25.8 Å². The number of thiazole rings is 1. The molecule has 0 N–H and O–H groups in total. The Hall–Kier alpha value is -2.77. The first-order chi connectivity index (χ1) is 13.5. The third-order valence-electron chi connectivity index (χ3n) is 4.17. The minimum atomic E-state index is -0.328. The van der Waals surface area contributed by atoms with Crippen LogP contribution in [-0.4, -0.2) is 31.8 Å². The van der Waals surface area contributed by atoms with Crippen molar-refractivity contribution in [1.82, 2.24) is 4.57 Å². The predicted octanol–water partition coefficient (Wildman–Crippen LogP) is 4.17. The Morgan fingerprint density at radius 2 is 1.64 bits per heavy atom. The van der Waals surface area contributed by atoms with Gasteiger partial charge in [0, 0.05) is 28.6 Å². The van der Waals surface area contributed by atoms with E-state index in [1.54, 1.807) is 45.6 Å². The summed E-state index contributed by atoms with van der Waals surface area (Å²) in [5, 5.41) is 2.50. The number of hydrogen-bond donors (Lipinski definition) is 0. The highest BCUT2D eigenvalue weighted by Gasteiger charge is 2.16. The number of benzene rings is 2. The molecular formula is C20H19ClN2O4S. The van der Waals surface area contributed by atoms with Crippen LogP contribution in [0.3, 0.4) is 0 Å². The Kier molecular flexibility index (Phi) is 6.06. The molecule has 28 heavy (non-hydrogen) atoms. The summed E-state index contributed by atoms with van der Waals surface area (Å²) in [6.07, 6.45) is 0. The third-order valence-corrected chi connectivity index (χ3v) is 5.34. The average Bonchev–Trinajstić information content (AvgIpc) is 3.07. The Morgan fingerprint density at radius 1 is 1.04 bits per heavy atom. The van der Waals surface area contributed by atoms with E-state index in [9.17, 15) is 4.79 Å². The fourth-order valence-electron chi connectivity index (χ4n) is 2.71. The minimum Gasteiger partial charge on any atom is -0.493 e. The van der Waals surface area contributed by atoms with E-state index < -0.39 is 0 Å². The van der Waals surface area contributed by atoms with Gasteiger partial charge >= 0.3 is 0 Å². The average molecular weight is 419 g/mol.